The van der Waals surface area contributed by atoms with E-state index in [1.54, 1.807) is 5.32 Å². The smallest absolute Gasteiger partial charge is 0.406 e. The van der Waals surface area contributed by atoms with Gasteiger partial charge in [-0.15, -0.1) is 13.2 Å². The van der Waals surface area contributed by atoms with Crippen molar-refractivity contribution in [2.75, 3.05) is 0 Å². The number of hydrogen-bond acceptors (Lipinski definition) is 5. The van der Waals surface area contributed by atoms with E-state index in [2.05, 4.69) is 4.74 Å². The van der Waals surface area contributed by atoms with Gasteiger partial charge in [0.05, 0.1) is 10.9 Å². The van der Waals surface area contributed by atoms with Crippen molar-refractivity contribution >= 4 is 15.7 Å². The van der Waals surface area contributed by atoms with Gasteiger partial charge in [-0.2, -0.15) is 13.2 Å². The van der Waals surface area contributed by atoms with Gasteiger partial charge in [0.25, 0.3) is 0 Å². The number of benzene rings is 3. The Hall–Kier alpha value is -3.65. The molecular weight excluding hydrogens is 547 g/mol. The molecule has 2 atom stereocenters. The van der Waals surface area contributed by atoms with Gasteiger partial charge in [-0.3, -0.25) is 4.79 Å². The Balaban J connectivity index is 2.02. The van der Waals surface area contributed by atoms with Crippen molar-refractivity contribution in [1.82, 2.24) is 5.32 Å². The fourth-order valence-corrected chi connectivity index (χ4v) is 5.04. The first-order valence-electron chi connectivity index (χ1n) is 10.6. The van der Waals surface area contributed by atoms with Gasteiger partial charge < -0.3 is 15.2 Å². The first-order chi connectivity index (χ1) is 17.5. The van der Waals surface area contributed by atoms with E-state index < -0.39 is 67.4 Å². The van der Waals surface area contributed by atoms with Crippen LogP contribution in [0.15, 0.2) is 76.5 Å². The SMILES string of the molecule is C[C@H](NC(=O)C(F)(F)F)c1ccc(C(O)c2ccc(OC(F)(F)F)cc2S(=O)(=O)c2ccccc2F)cc1. The predicted octanol–water partition coefficient (Wildman–Crippen LogP) is 5.38. The Kier molecular flexibility index (Phi) is 8.07. The number of amides is 1. The quantitative estimate of drug-likeness (QED) is 0.376. The van der Waals surface area contributed by atoms with Crippen molar-refractivity contribution < 1.29 is 53.8 Å². The topological polar surface area (TPSA) is 92.7 Å². The fourth-order valence-electron chi connectivity index (χ4n) is 3.46. The molecule has 0 heterocycles. The second-order valence-electron chi connectivity index (χ2n) is 7.94. The molecule has 204 valence electrons. The molecule has 1 unspecified atom stereocenters. The first-order valence-corrected chi connectivity index (χ1v) is 12.0. The van der Waals surface area contributed by atoms with Crippen LogP contribution >= 0.6 is 0 Å². The van der Waals surface area contributed by atoms with Gasteiger partial charge in [-0.1, -0.05) is 42.5 Å². The summed E-state index contributed by atoms with van der Waals surface area (Å²) in [6, 6.07) is 10.1. The van der Waals surface area contributed by atoms with Crippen LogP contribution in [-0.4, -0.2) is 32.0 Å². The van der Waals surface area contributed by atoms with Gasteiger partial charge in [0.15, 0.2) is 0 Å². The number of halogens is 7. The Labute approximate surface area is 211 Å². The number of carbonyl (C=O) groups is 1. The lowest BCUT2D eigenvalue weighted by molar-refractivity contribution is -0.274. The molecule has 0 aliphatic heterocycles. The molecule has 2 N–H and O–H groups in total. The molecule has 3 aromatic carbocycles. The average Bonchev–Trinajstić information content (AvgIpc) is 2.82. The van der Waals surface area contributed by atoms with Crippen molar-refractivity contribution in [2.45, 2.75) is 41.4 Å². The highest BCUT2D eigenvalue weighted by Crippen LogP contribution is 2.36. The lowest BCUT2D eigenvalue weighted by atomic mass is 9.98. The summed E-state index contributed by atoms with van der Waals surface area (Å²) in [6.07, 6.45) is -12.1. The molecule has 0 bridgehead atoms. The third kappa shape index (κ3) is 6.61. The third-order valence-electron chi connectivity index (χ3n) is 5.29. The van der Waals surface area contributed by atoms with E-state index in [9.17, 15) is 49.1 Å². The monoisotopic (exact) mass is 565 g/mol. The van der Waals surface area contributed by atoms with Crippen LogP contribution in [0.5, 0.6) is 5.75 Å². The van der Waals surface area contributed by atoms with Crippen LogP contribution in [0.2, 0.25) is 0 Å². The summed E-state index contributed by atoms with van der Waals surface area (Å²) in [4.78, 5) is 9.43. The summed E-state index contributed by atoms with van der Waals surface area (Å²) >= 11 is 0. The van der Waals surface area contributed by atoms with Crippen LogP contribution in [0.25, 0.3) is 0 Å². The molecule has 0 aromatic heterocycles. The minimum atomic E-state index is -5.17. The third-order valence-corrected chi connectivity index (χ3v) is 7.13. The Morgan fingerprint density at radius 3 is 2.03 bits per heavy atom. The van der Waals surface area contributed by atoms with E-state index in [4.69, 9.17) is 0 Å². The number of hydrogen-bond donors (Lipinski definition) is 2. The Bertz CT molecular complexity index is 1420. The largest absolute Gasteiger partial charge is 0.573 e. The molecule has 0 aliphatic carbocycles. The van der Waals surface area contributed by atoms with Gasteiger partial charge in [0, 0.05) is 5.56 Å². The van der Waals surface area contributed by atoms with Gasteiger partial charge in [-0.25, -0.2) is 12.8 Å². The van der Waals surface area contributed by atoms with E-state index in [1.165, 1.54) is 43.3 Å². The molecule has 14 heteroatoms. The van der Waals surface area contributed by atoms with Crippen LogP contribution in [0.4, 0.5) is 30.7 Å². The lowest BCUT2D eigenvalue weighted by Crippen LogP contribution is -2.38. The summed E-state index contributed by atoms with van der Waals surface area (Å²) in [5.41, 5.74) is -0.224. The number of aliphatic hydroxyl groups excluding tert-OH is 1. The van der Waals surface area contributed by atoms with Crippen LogP contribution in [0.3, 0.4) is 0 Å². The summed E-state index contributed by atoms with van der Waals surface area (Å²) in [6.45, 7) is 1.27. The number of nitrogens with one attached hydrogen (secondary N) is 1. The highest BCUT2D eigenvalue weighted by Gasteiger charge is 2.39. The molecule has 1 amide bonds. The van der Waals surface area contributed by atoms with Crippen molar-refractivity contribution in [1.29, 1.82) is 0 Å². The Morgan fingerprint density at radius 2 is 1.47 bits per heavy atom. The zero-order valence-corrected chi connectivity index (χ0v) is 20.0. The molecular formula is C24H18F7NO5S. The number of ether oxygens (including phenoxy) is 1. The summed E-state index contributed by atoms with van der Waals surface area (Å²) in [5, 5.41) is 12.7. The van der Waals surface area contributed by atoms with Crippen LogP contribution < -0.4 is 10.1 Å². The normalized spacial score (nSPS) is 14.0. The van der Waals surface area contributed by atoms with Crippen molar-refractivity contribution in [2.24, 2.45) is 0 Å². The molecule has 0 aliphatic rings. The van der Waals surface area contributed by atoms with Crippen molar-refractivity contribution in [3.05, 3.63) is 89.2 Å². The van der Waals surface area contributed by atoms with E-state index in [0.29, 0.717) is 6.07 Å². The first kappa shape index (κ1) is 28.9. The predicted molar refractivity (Wildman–Crippen MR) is 118 cm³/mol. The Morgan fingerprint density at radius 1 is 0.895 bits per heavy atom. The number of sulfone groups is 1. The standard InChI is InChI=1S/C24H18F7NO5S/c1-13(32-22(34)23(26,27)28)14-6-8-15(9-7-14)21(33)17-11-10-16(37-24(29,30)31)12-20(17)38(35,36)19-5-3-2-4-18(19)25/h2-13,21,33H,1H3,(H,32,34)/t13-,21?/m0/s1. The second-order valence-corrected chi connectivity index (χ2v) is 9.83. The molecule has 3 rings (SSSR count). The van der Waals surface area contributed by atoms with E-state index in [0.717, 1.165) is 24.3 Å². The van der Waals surface area contributed by atoms with Crippen LogP contribution in [-0.2, 0) is 14.6 Å². The van der Waals surface area contributed by atoms with Crippen LogP contribution in [0.1, 0.15) is 35.8 Å². The van der Waals surface area contributed by atoms with E-state index in [-0.39, 0.29) is 11.1 Å². The highest BCUT2D eigenvalue weighted by molar-refractivity contribution is 7.91. The second kappa shape index (κ2) is 10.6. The van der Waals surface area contributed by atoms with Crippen LogP contribution in [0, 0.1) is 5.82 Å². The number of rotatable bonds is 7. The lowest BCUT2D eigenvalue weighted by Gasteiger charge is -2.20. The average molecular weight is 565 g/mol. The highest BCUT2D eigenvalue weighted by atomic mass is 32.2. The number of alkyl halides is 6. The summed E-state index contributed by atoms with van der Waals surface area (Å²) in [5.74, 6) is -4.29. The molecule has 0 fully saturated rings. The van der Waals surface area contributed by atoms with Crippen molar-refractivity contribution in [3.63, 3.8) is 0 Å². The van der Waals surface area contributed by atoms with Gasteiger partial charge >= 0.3 is 18.4 Å². The zero-order valence-electron chi connectivity index (χ0n) is 19.1. The zero-order chi connectivity index (χ0) is 28.5. The molecule has 3 aromatic rings. The number of aliphatic hydroxyl groups is 1. The molecule has 6 nitrogen and oxygen atoms in total. The summed E-state index contributed by atoms with van der Waals surface area (Å²) in [7, 11) is -4.82. The van der Waals surface area contributed by atoms with Crippen molar-refractivity contribution in [3.8, 4) is 5.75 Å². The minimum absolute atomic E-state index is 0.00225. The van der Waals surface area contributed by atoms with Gasteiger partial charge in [0.1, 0.15) is 22.6 Å². The minimum Gasteiger partial charge on any atom is -0.406 e. The molecule has 0 radical (unpaired) electrons. The molecule has 0 saturated carbocycles. The van der Waals surface area contributed by atoms with Gasteiger partial charge in [-0.05, 0) is 42.3 Å². The maximum Gasteiger partial charge on any atom is 0.573 e. The maximum absolute atomic E-state index is 14.3. The molecule has 38 heavy (non-hydrogen) atoms. The fraction of sp³-hybridized carbons (Fsp3) is 0.208. The maximum atomic E-state index is 14.3. The number of carbonyl (C=O) groups excluding carboxylic acids is 1. The van der Waals surface area contributed by atoms with E-state index >= 15 is 0 Å². The summed E-state index contributed by atoms with van der Waals surface area (Å²) < 4.78 is 120. The molecule has 0 saturated heterocycles. The van der Waals surface area contributed by atoms with Gasteiger partial charge in [0.2, 0.25) is 9.84 Å². The molecule has 0 spiro atoms. The van der Waals surface area contributed by atoms with E-state index in [1.807, 2.05) is 0 Å².